The summed E-state index contributed by atoms with van der Waals surface area (Å²) in [5, 5.41) is 15.1. The number of benzene rings is 1. The average Bonchev–Trinajstić information content (AvgIpc) is 2.74. The third-order valence-electron chi connectivity index (χ3n) is 4.77. The Morgan fingerprint density at radius 1 is 1.20 bits per heavy atom. The number of nitrogens with zero attached hydrogens (tertiary/aromatic N) is 2. The van der Waals surface area contributed by atoms with Crippen LogP contribution in [-0.2, 0) is 15.3 Å². The Labute approximate surface area is 183 Å². The van der Waals surface area contributed by atoms with E-state index in [1.165, 1.54) is 11.1 Å². The van der Waals surface area contributed by atoms with E-state index >= 15 is 0 Å². The van der Waals surface area contributed by atoms with E-state index in [0.717, 1.165) is 5.75 Å². The van der Waals surface area contributed by atoms with Gasteiger partial charge < -0.3 is 20.3 Å². The first kappa shape index (κ1) is 24.0. The highest BCUT2D eigenvalue weighted by atomic mass is 32.2. The molecule has 1 aliphatic rings. The zero-order valence-corrected chi connectivity index (χ0v) is 18.8. The van der Waals surface area contributed by atoms with Crippen molar-refractivity contribution in [3.8, 4) is 6.07 Å². The van der Waals surface area contributed by atoms with Crippen LogP contribution in [0.25, 0.3) is 0 Å². The van der Waals surface area contributed by atoms with Gasteiger partial charge in [0.25, 0.3) is 0 Å². The topological polar surface area (TPSA) is 94.5 Å². The van der Waals surface area contributed by atoms with E-state index in [1.807, 2.05) is 20.8 Å². The minimum Gasteiger partial charge on any atom is -0.378 e. The lowest BCUT2D eigenvalue weighted by atomic mass is 10.0. The molecule has 3 amide bonds. The normalized spacial score (nSPS) is 15.9. The number of morpholine rings is 1. The SMILES string of the molecule is Cc1ccc(CSC[C@@H](C#N)NC(=O)[C@H](CC(C)C)NC(=O)N2CCOCC2)cc1. The minimum absolute atomic E-state index is 0.224. The van der Waals surface area contributed by atoms with Gasteiger partial charge in [0.2, 0.25) is 5.91 Å². The molecule has 1 aliphatic heterocycles. The lowest BCUT2D eigenvalue weighted by Gasteiger charge is -2.29. The van der Waals surface area contributed by atoms with Gasteiger partial charge in [0.05, 0.1) is 19.3 Å². The maximum Gasteiger partial charge on any atom is 0.318 e. The first-order valence-electron chi connectivity index (χ1n) is 10.4. The van der Waals surface area contributed by atoms with Crippen molar-refractivity contribution in [1.29, 1.82) is 5.26 Å². The Hall–Kier alpha value is -2.24. The van der Waals surface area contributed by atoms with Crippen LogP contribution in [0.15, 0.2) is 24.3 Å². The number of aryl methyl sites for hydroxylation is 1. The number of urea groups is 1. The molecule has 0 unspecified atom stereocenters. The Balaban J connectivity index is 1.87. The molecular formula is C22H32N4O3S. The number of thioether (sulfide) groups is 1. The molecule has 30 heavy (non-hydrogen) atoms. The molecule has 0 spiro atoms. The second kappa shape index (κ2) is 12.5. The highest BCUT2D eigenvalue weighted by Gasteiger charge is 2.27. The summed E-state index contributed by atoms with van der Waals surface area (Å²) in [7, 11) is 0. The van der Waals surface area contributed by atoms with Crippen molar-refractivity contribution in [2.24, 2.45) is 5.92 Å². The third kappa shape index (κ3) is 8.25. The Bertz CT molecular complexity index is 727. The minimum atomic E-state index is -0.668. The number of carbonyl (C=O) groups excluding carboxylic acids is 2. The van der Waals surface area contributed by atoms with Crippen LogP contribution in [0.3, 0.4) is 0 Å². The number of nitrogens with one attached hydrogen (secondary N) is 2. The molecule has 7 nitrogen and oxygen atoms in total. The van der Waals surface area contributed by atoms with E-state index in [2.05, 4.69) is 41.0 Å². The van der Waals surface area contributed by atoms with Crippen molar-refractivity contribution >= 4 is 23.7 Å². The molecule has 1 heterocycles. The molecule has 1 saturated heterocycles. The fraction of sp³-hybridized carbons (Fsp3) is 0.591. The number of hydrogen-bond donors (Lipinski definition) is 2. The maximum atomic E-state index is 12.8. The molecule has 1 aromatic carbocycles. The van der Waals surface area contributed by atoms with Crippen molar-refractivity contribution in [2.45, 2.75) is 45.0 Å². The van der Waals surface area contributed by atoms with Crippen LogP contribution >= 0.6 is 11.8 Å². The molecule has 2 atom stereocenters. The molecule has 0 saturated carbocycles. The van der Waals surface area contributed by atoms with Crippen LogP contribution < -0.4 is 10.6 Å². The van der Waals surface area contributed by atoms with Crippen molar-refractivity contribution in [3.05, 3.63) is 35.4 Å². The number of rotatable bonds is 9. The predicted octanol–water partition coefficient (Wildman–Crippen LogP) is 2.69. The van der Waals surface area contributed by atoms with Crippen LogP contribution in [0.5, 0.6) is 0 Å². The quantitative estimate of drug-likeness (QED) is 0.626. The fourth-order valence-electron chi connectivity index (χ4n) is 3.07. The monoisotopic (exact) mass is 432 g/mol. The number of amides is 3. The largest absolute Gasteiger partial charge is 0.378 e. The lowest BCUT2D eigenvalue weighted by molar-refractivity contribution is -0.123. The summed E-state index contributed by atoms with van der Waals surface area (Å²) in [6.07, 6.45) is 0.510. The van der Waals surface area contributed by atoms with Crippen molar-refractivity contribution < 1.29 is 14.3 Å². The number of ether oxygens (including phenoxy) is 1. The summed E-state index contributed by atoms with van der Waals surface area (Å²) >= 11 is 1.60. The lowest BCUT2D eigenvalue weighted by Crippen LogP contribution is -2.55. The molecular weight excluding hydrogens is 400 g/mol. The molecule has 2 N–H and O–H groups in total. The standard InChI is InChI=1S/C22H32N4O3S/c1-16(2)12-20(25-22(28)26-8-10-29-11-9-26)21(27)24-19(13-23)15-30-14-18-6-4-17(3)5-7-18/h4-7,16,19-20H,8-12,14-15H2,1-3H3,(H,24,27)(H,25,28)/t19-,20+/m1/s1. The number of nitriles is 1. The summed E-state index contributed by atoms with van der Waals surface area (Å²) in [5.74, 6) is 1.18. The van der Waals surface area contributed by atoms with Crippen LogP contribution in [0.1, 0.15) is 31.4 Å². The van der Waals surface area contributed by atoms with E-state index in [4.69, 9.17) is 4.74 Å². The number of carbonyl (C=O) groups is 2. The predicted molar refractivity (Wildman–Crippen MR) is 119 cm³/mol. The van der Waals surface area contributed by atoms with Crippen molar-refractivity contribution in [3.63, 3.8) is 0 Å². The highest BCUT2D eigenvalue weighted by molar-refractivity contribution is 7.98. The Kier molecular flexibility index (Phi) is 9.98. The van der Waals surface area contributed by atoms with E-state index in [9.17, 15) is 14.9 Å². The second-order valence-electron chi connectivity index (χ2n) is 7.92. The van der Waals surface area contributed by atoms with E-state index in [-0.39, 0.29) is 17.9 Å². The van der Waals surface area contributed by atoms with Crippen LogP contribution in [-0.4, -0.2) is 61.0 Å². The molecule has 0 radical (unpaired) electrons. The first-order valence-corrected chi connectivity index (χ1v) is 11.5. The molecule has 164 valence electrons. The summed E-state index contributed by atoms with van der Waals surface area (Å²) in [4.78, 5) is 27.0. The summed E-state index contributed by atoms with van der Waals surface area (Å²) in [6.45, 7) is 8.08. The van der Waals surface area contributed by atoms with Crippen molar-refractivity contribution in [1.82, 2.24) is 15.5 Å². The number of hydrogen-bond acceptors (Lipinski definition) is 5. The van der Waals surface area contributed by atoms with Gasteiger partial charge in [-0.05, 0) is 24.8 Å². The van der Waals surface area contributed by atoms with Gasteiger partial charge >= 0.3 is 6.03 Å². The van der Waals surface area contributed by atoms with Gasteiger partial charge in [-0.15, -0.1) is 0 Å². The van der Waals surface area contributed by atoms with E-state index in [0.29, 0.717) is 38.5 Å². The van der Waals surface area contributed by atoms with Gasteiger partial charge in [0, 0.05) is 24.6 Å². The first-order chi connectivity index (χ1) is 14.4. The van der Waals surface area contributed by atoms with E-state index in [1.54, 1.807) is 16.7 Å². The third-order valence-corrected chi connectivity index (χ3v) is 5.87. The highest BCUT2D eigenvalue weighted by Crippen LogP contribution is 2.14. The molecule has 2 rings (SSSR count). The Morgan fingerprint density at radius 2 is 1.87 bits per heavy atom. The molecule has 0 aromatic heterocycles. The second-order valence-corrected chi connectivity index (χ2v) is 8.95. The van der Waals surface area contributed by atoms with Crippen LogP contribution in [0.2, 0.25) is 0 Å². The van der Waals surface area contributed by atoms with Crippen LogP contribution in [0, 0.1) is 24.2 Å². The molecule has 0 aliphatic carbocycles. The van der Waals surface area contributed by atoms with Crippen LogP contribution in [0.4, 0.5) is 4.79 Å². The van der Waals surface area contributed by atoms with E-state index < -0.39 is 12.1 Å². The van der Waals surface area contributed by atoms with Gasteiger partial charge in [-0.2, -0.15) is 17.0 Å². The molecule has 1 aromatic rings. The zero-order chi connectivity index (χ0) is 21.9. The van der Waals surface area contributed by atoms with Gasteiger partial charge in [0.1, 0.15) is 12.1 Å². The zero-order valence-electron chi connectivity index (χ0n) is 18.0. The van der Waals surface area contributed by atoms with Gasteiger partial charge in [-0.3, -0.25) is 4.79 Å². The molecule has 0 bridgehead atoms. The smallest absolute Gasteiger partial charge is 0.318 e. The maximum absolute atomic E-state index is 12.8. The van der Waals surface area contributed by atoms with Gasteiger partial charge in [0.15, 0.2) is 0 Å². The summed E-state index contributed by atoms with van der Waals surface area (Å²) in [5.41, 5.74) is 2.39. The van der Waals surface area contributed by atoms with Gasteiger partial charge in [-0.1, -0.05) is 43.7 Å². The fourth-order valence-corrected chi connectivity index (χ4v) is 4.01. The summed E-state index contributed by atoms with van der Waals surface area (Å²) in [6, 6.07) is 8.89. The molecule has 1 fully saturated rings. The average molecular weight is 433 g/mol. The molecule has 8 heteroatoms. The van der Waals surface area contributed by atoms with Gasteiger partial charge in [-0.25, -0.2) is 4.79 Å². The summed E-state index contributed by atoms with van der Waals surface area (Å²) < 4.78 is 5.27. The Morgan fingerprint density at radius 3 is 2.47 bits per heavy atom. The van der Waals surface area contributed by atoms with Crippen molar-refractivity contribution in [2.75, 3.05) is 32.1 Å².